The molecule has 0 aromatic carbocycles. The van der Waals surface area contributed by atoms with Crippen molar-refractivity contribution in [3.63, 3.8) is 0 Å². The van der Waals surface area contributed by atoms with Crippen LogP contribution in [-0.4, -0.2) is 31.0 Å². The van der Waals surface area contributed by atoms with Crippen molar-refractivity contribution in [2.24, 2.45) is 5.73 Å². The van der Waals surface area contributed by atoms with Crippen LogP contribution in [-0.2, 0) is 4.74 Å². The van der Waals surface area contributed by atoms with Gasteiger partial charge in [0.15, 0.2) is 6.10 Å². The summed E-state index contributed by atoms with van der Waals surface area (Å²) < 4.78 is 41.1. The monoisotopic (exact) mass is 212 g/mol. The predicted molar refractivity (Wildman–Crippen MR) is 41.5 cm³/mol. The lowest BCUT2D eigenvalue weighted by molar-refractivity contribution is -0.232. The van der Waals surface area contributed by atoms with Gasteiger partial charge in [-0.3, -0.25) is 0 Å². The number of alkyl halides is 3. The Morgan fingerprint density at radius 2 is 2.14 bits per heavy atom. The van der Waals surface area contributed by atoms with Crippen LogP contribution in [0.25, 0.3) is 0 Å². The minimum Gasteiger partial charge on any atom is -0.369 e. The Labute approximate surface area is 78.6 Å². The molecule has 0 saturated carbocycles. The summed E-state index contributed by atoms with van der Waals surface area (Å²) in [5.74, 6) is 0. The quantitative estimate of drug-likeness (QED) is 0.674. The maximum atomic E-state index is 12.2. The molecule has 82 valence electrons. The first-order valence-electron chi connectivity index (χ1n) is 4.14. The Hall–Kier alpha value is -0.980. The number of carbonyl (C=O) groups excluding carboxylic acids is 1. The molecule has 1 rings (SSSR count). The lowest BCUT2D eigenvalue weighted by Gasteiger charge is -2.30. The second kappa shape index (κ2) is 4.04. The molecule has 0 aromatic rings. The van der Waals surface area contributed by atoms with E-state index in [4.69, 9.17) is 5.73 Å². The predicted octanol–water partition coefficient (Wildman–Crippen LogP) is 0.765. The van der Waals surface area contributed by atoms with E-state index in [1.165, 1.54) is 0 Å². The lowest BCUT2D eigenvalue weighted by atomic mass is 10.0. The Bertz CT molecular complexity index is 219. The Balaban J connectivity index is 2.48. The van der Waals surface area contributed by atoms with Gasteiger partial charge in [0.05, 0.1) is 0 Å². The summed E-state index contributed by atoms with van der Waals surface area (Å²) in [4.78, 5) is 10.4. The van der Waals surface area contributed by atoms with Crippen LogP contribution in [0.15, 0.2) is 0 Å². The second-order valence-electron chi connectivity index (χ2n) is 3.13. The van der Waals surface area contributed by atoms with Crippen molar-refractivity contribution in [3.05, 3.63) is 0 Å². The summed E-state index contributed by atoms with van der Waals surface area (Å²) in [5, 5.41) is 2.24. The highest BCUT2D eigenvalue weighted by atomic mass is 19.4. The van der Waals surface area contributed by atoms with Gasteiger partial charge in [0.2, 0.25) is 0 Å². The normalized spacial score (nSPS) is 28.5. The van der Waals surface area contributed by atoms with Gasteiger partial charge in [-0.1, -0.05) is 0 Å². The van der Waals surface area contributed by atoms with E-state index in [1.807, 2.05) is 0 Å². The zero-order valence-electron chi connectivity index (χ0n) is 7.30. The largest absolute Gasteiger partial charge is 0.414 e. The number of carbonyl (C=O) groups is 1. The van der Waals surface area contributed by atoms with E-state index in [0.29, 0.717) is 6.42 Å². The maximum Gasteiger partial charge on any atom is 0.414 e. The Morgan fingerprint density at radius 3 is 2.64 bits per heavy atom. The number of amides is 2. The SMILES string of the molecule is NC(=O)NC1CCOC(C(F)(F)F)C1. The number of rotatable bonds is 1. The van der Waals surface area contributed by atoms with E-state index in [9.17, 15) is 18.0 Å². The van der Waals surface area contributed by atoms with Crippen molar-refractivity contribution in [1.82, 2.24) is 5.32 Å². The van der Waals surface area contributed by atoms with E-state index in [2.05, 4.69) is 10.1 Å². The average Bonchev–Trinajstić information content (AvgIpc) is 2.01. The smallest absolute Gasteiger partial charge is 0.369 e. The first kappa shape index (κ1) is 11.1. The molecule has 0 spiro atoms. The zero-order chi connectivity index (χ0) is 10.8. The number of halogens is 3. The topological polar surface area (TPSA) is 64.4 Å². The third kappa shape index (κ3) is 3.06. The van der Waals surface area contributed by atoms with Crippen LogP contribution in [0.2, 0.25) is 0 Å². The number of ether oxygens (including phenoxy) is 1. The molecular weight excluding hydrogens is 201 g/mol. The molecule has 1 heterocycles. The Morgan fingerprint density at radius 1 is 1.50 bits per heavy atom. The average molecular weight is 212 g/mol. The van der Waals surface area contributed by atoms with Crippen molar-refractivity contribution in [3.8, 4) is 0 Å². The molecule has 7 heteroatoms. The van der Waals surface area contributed by atoms with Crippen LogP contribution in [0, 0.1) is 0 Å². The van der Waals surface area contributed by atoms with Crippen molar-refractivity contribution in [2.75, 3.05) is 6.61 Å². The van der Waals surface area contributed by atoms with Crippen LogP contribution in [0.5, 0.6) is 0 Å². The second-order valence-corrected chi connectivity index (χ2v) is 3.13. The van der Waals surface area contributed by atoms with Crippen molar-refractivity contribution < 1.29 is 22.7 Å². The molecule has 2 atom stereocenters. The molecule has 1 saturated heterocycles. The molecule has 0 aliphatic carbocycles. The van der Waals surface area contributed by atoms with E-state index >= 15 is 0 Å². The van der Waals surface area contributed by atoms with Gasteiger partial charge in [0, 0.05) is 19.1 Å². The van der Waals surface area contributed by atoms with E-state index in [1.54, 1.807) is 0 Å². The minimum atomic E-state index is -4.38. The highest BCUT2D eigenvalue weighted by molar-refractivity contribution is 5.71. The first-order valence-corrected chi connectivity index (χ1v) is 4.14. The van der Waals surface area contributed by atoms with Crippen LogP contribution in [0.3, 0.4) is 0 Å². The van der Waals surface area contributed by atoms with Gasteiger partial charge in [-0.05, 0) is 6.42 Å². The van der Waals surface area contributed by atoms with E-state index < -0.39 is 24.4 Å². The fraction of sp³-hybridized carbons (Fsp3) is 0.857. The lowest BCUT2D eigenvalue weighted by Crippen LogP contribution is -2.48. The molecular formula is C7H11F3N2O2. The number of nitrogens with one attached hydrogen (secondary N) is 1. The van der Waals surface area contributed by atoms with Gasteiger partial charge in [0.1, 0.15) is 0 Å². The Kier molecular flexibility index (Phi) is 3.20. The number of primary amides is 1. The van der Waals surface area contributed by atoms with Crippen LogP contribution in [0.4, 0.5) is 18.0 Å². The standard InChI is InChI=1S/C7H11F3N2O2/c8-7(9,10)5-3-4(1-2-14-5)12-6(11)13/h4-5H,1-3H2,(H3,11,12,13). The van der Waals surface area contributed by atoms with Crippen molar-refractivity contribution >= 4 is 6.03 Å². The molecule has 0 radical (unpaired) electrons. The maximum absolute atomic E-state index is 12.2. The van der Waals surface area contributed by atoms with Gasteiger partial charge >= 0.3 is 12.2 Å². The van der Waals surface area contributed by atoms with Gasteiger partial charge in [-0.15, -0.1) is 0 Å². The van der Waals surface area contributed by atoms with Crippen LogP contribution < -0.4 is 11.1 Å². The van der Waals surface area contributed by atoms with Crippen molar-refractivity contribution in [1.29, 1.82) is 0 Å². The highest BCUT2D eigenvalue weighted by Gasteiger charge is 2.43. The van der Waals surface area contributed by atoms with Crippen LogP contribution in [0.1, 0.15) is 12.8 Å². The first-order chi connectivity index (χ1) is 6.39. The minimum absolute atomic E-state index is 0.0187. The summed E-state index contributed by atoms with van der Waals surface area (Å²) >= 11 is 0. The fourth-order valence-corrected chi connectivity index (χ4v) is 1.36. The molecule has 1 aliphatic rings. The summed E-state index contributed by atoms with van der Waals surface area (Å²) in [6.45, 7) is -0.0187. The third-order valence-corrected chi connectivity index (χ3v) is 2.00. The molecule has 4 nitrogen and oxygen atoms in total. The molecule has 0 bridgehead atoms. The van der Waals surface area contributed by atoms with E-state index in [-0.39, 0.29) is 13.0 Å². The highest BCUT2D eigenvalue weighted by Crippen LogP contribution is 2.29. The van der Waals surface area contributed by atoms with E-state index in [0.717, 1.165) is 0 Å². The zero-order valence-corrected chi connectivity index (χ0v) is 7.30. The number of nitrogens with two attached hydrogens (primary N) is 1. The summed E-state index contributed by atoms with van der Waals surface area (Å²) in [5.41, 5.74) is 4.81. The van der Waals surface area contributed by atoms with Gasteiger partial charge in [-0.25, -0.2) is 4.79 Å². The van der Waals surface area contributed by atoms with Crippen LogP contribution >= 0.6 is 0 Å². The fourth-order valence-electron chi connectivity index (χ4n) is 1.36. The molecule has 0 aromatic heterocycles. The molecule has 3 N–H and O–H groups in total. The molecule has 1 fully saturated rings. The third-order valence-electron chi connectivity index (χ3n) is 2.00. The number of hydrogen-bond donors (Lipinski definition) is 2. The molecule has 2 unspecified atom stereocenters. The number of urea groups is 1. The molecule has 1 aliphatic heterocycles. The van der Waals surface area contributed by atoms with Gasteiger partial charge in [0.25, 0.3) is 0 Å². The molecule has 2 amide bonds. The number of hydrogen-bond acceptors (Lipinski definition) is 2. The summed E-state index contributed by atoms with van der Waals surface area (Å²) in [6, 6.07) is -1.36. The van der Waals surface area contributed by atoms with Gasteiger partial charge in [-0.2, -0.15) is 13.2 Å². The molecule has 14 heavy (non-hydrogen) atoms. The van der Waals surface area contributed by atoms with Gasteiger partial charge < -0.3 is 15.8 Å². The van der Waals surface area contributed by atoms with Crippen molar-refractivity contribution in [2.45, 2.75) is 31.2 Å². The summed E-state index contributed by atoms with van der Waals surface area (Å²) in [7, 11) is 0. The summed E-state index contributed by atoms with van der Waals surface area (Å²) in [6.07, 6.45) is -6.09.